The van der Waals surface area contributed by atoms with Crippen LogP contribution in [0.25, 0.3) is 0 Å². The summed E-state index contributed by atoms with van der Waals surface area (Å²) in [5.74, 6) is 0. The van der Waals surface area contributed by atoms with Crippen LogP contribution in [0.1, 0.15) is 27.7 Å². The quantitative estimate of drug-likeness (QED) is 0.591. The van der Waals surface area contributed by atoms with Gasteiger partial charge in [0, 0.05) is 11.1 Å². The van der Waals surface area contributed by atoms with Crippen LogP contribution in [0.3, 0.4) is 0 Å². The average Bonchev–Trinajstić information content (AvgIpc) is 2.07. The smallest absolute Gasteiger partial charge is 0.0296 e. The SMILES string of the molecule is C=C.CNC(C)(C)C(C)(C)N.[CH2]CN. The fourth-order valence-electron chi connectivity index (χ4n) is 0.322. The van der Waals surface area contributed by atoms with Gasteiger partial charge in [-0.15, -0.1) is 13.2 Å². The van der Waals surface area contributed by atoms with Gasteiger partial charge in [0.15, 0.2) is 0 Å². The summed E-state index contributed by atoms with van der Waals surface area (Å²) < 4.78 is 0. The van der Waals surface area contributed by atoms with Gasteiger partial charge in [-0.2, -0.15) is 0 Å². The van der Waals surface area contributed by atoms with Crippen LogP contribution in [-0.4, -0.2) is 24.7 Å². The minimum absolute atomic E-state index is 0.00694. The van der Waals surface area contributed by atoms with Crippen LogP contribution in [0.2, 0.25) is 0 Å². The molecule has 0 aliphatic rings. The Labute approximate surface area is 89.9 Å². The molecule has 1 radical (unpaired) electrons. The van der Waals surface area contributed by atoms with Crippen molar-refractivity contribution in [2.75, 3.05) is 13.6 Å². The Morgan fingerprint density at radius 2 is 1.36 bits per heavy atom. The lowest BCUT2D eigenvalue weighted by Crippen LogP contribution is -2.59. The van der Waals surface area contributed by atoms with E-state index < -0.39 is 0 Å². The molecule has 5 N–H and O–H groups in total. The molecule has 0 atom stereocenters. The number of hydrogen-bond donors (Lipinski definition) is 3. The number of nitrogens with two attached hydrogens (primary N) is 2. The molecule has 14 heavy (non-hydrogen) atoms. The molecular formula is C11H28N3. The van der Waals surface area contributed by atoms with E-state index in [9.17, 15) is 0 Å². The van der Waals surface area contributed by atoms with Crippen LogP contribution in [0.4, 0.5) is 0 Å². The number of rotatable bonds is 2. The molecule has 0 aliphatic carbocycles. The minimum atomic E-state index is -0.165. The molecule has 0 aromatic heterocycles. The van der Waals surface area contributed by atoms with Gasteiger partial charge >= 0.3 is 0 Å². The molecule has 3 nitrogen and oxygen atoms in total. The molecule has 87 valence electrons. The van der Waals surface area contributed by atoms with E-state index in [1.807, 2.05) is 20.9 Å². The Kier molecular flexibility index (Phi) is 12.6. The Morgan fingerprint density at radius 3 is 1.36 bits per heavy atom. The third kappa shape index (κ3) is 9.71. The third-order valence-corrected chi connectivity index (χ3v) is 2.24. The number of hydrogen-bond acceptors (Lipinski definition) is 3. The van der Waals surface area contributed by atoms with Crippen LogP contribution in [-0.2, 0) is 0 Å². The lowest BCUT2D eigenvalue weighted by molar-refractivity contribution is 0.259. The van der Waals surface area contributed by atoms with E-state index in [0.717, 1.165) is 0 Å². The van der Waals surface area contributed by atoms with Gasteiger partial charge in [-0.25, -0.2) is 0 Å². The Balaban J connectivity index is -0.000000205. The van der Waals surface area contributed by atoms with Gasteiger partial charge in [0.25, 0.3) is 0 Å². The van der Waals surface area contributed by atoms with Crippen LogP contribution in [0.5, 0.6) is 0 Å². The van der Waals surface area contributed by atoms with Crippen molar-refractivity contribution in [1.82, 2.24) is 5.32 Å². The van der Waals surface area contributed by atoms with Gasteiger partial charge in [-0.3, -0.25) is 0 Å². The summed E-state index contributed by atoms with van der Waals surface area (Å²) in [6.45, 7) is 18.0. The van der Waals surface area contributed by atoms with Crippen LogP contribution >= 0.6 is 0 Å². The van der Waals surface area contributed by atoms with Gasteiger partial charge in [-0.1, -0.05) is 0 Å². The lowest BCUT2D eigenvalue weighted by Gasteiger charge is -2.38. The highest BCUT2D eigenvalue weighted by atomic mass is 15.0. The first-order valence-electron chi connectivity index (χ1n) is 4.70. The minimum Gasteiger partial charge on any atom is -0.330 e. The van der Waals surface area contributed by atoms with Gasteiger partial charge in [0.05, 0.1) is 0 Å². The molecule has 0 saturated heterocycles. The molecule has 0 rings (SSSR count). The van der Waals surface area contributed by atoms with Crippen LogP contribution in [0.15, 0.2) is 13.2 Å². The summed E-state index contributed by atoms with van der Waals surface area (Å²) in [6.07, 6.45) is 0. The molecule has 0 aromatic carbocycles. The van der Waals surface area contributed by atoms with E-state index in [1.165, 1.54) is 0 Å². The van der Waals surface area contributed by atoms with E-state index in [1.54, 1.807) is 0 Å². The maximum Gasteiger partial charge on any atom is 0.0296 e. The maximum absolute atomic E-state index is 5.86. The summed E-state index contributed by atoms with van der Waals surface area (Å²) in [5.41, 5.74) is 10.4. The molecule has 0 saturated carbocycles. The number of nitrogens with one attached hydrogen (secondary N) is 1. The fraction of sp³-hybridized carbons (Fsp3) is 0.727. The molecule has 0 fully saturated rings. The van der Waals surface area contributed by atoms with Crippen molar-refractivity contribution in [2.24, 2.45) is 11.5 Å². The Morgan fingerprint density at radius 1 is 1.14 bits per heavy atom. The zero-order valence-electron chi connectivity index (χ0n) is 10.5. The second-order valence-electron chi connectivity index (χ2n) is 3.89. The molecule has 3 heteroatoms. The number of likely N-dealkylation sites (N-methyl/N-ethyl adjacent to an activating group) is 1. The van der Waals surface area contributed by atoms with Gasteiger partial charge in [-0.05, 0) is 48.2 Å². The third-order valence-electron chi connectivity index (χ3n) is 2.24. The van der Waals surface area contributed by atoms with Crippen molar-refractivity contribution < 1.29 is 0 Å². The zero-order valence-corrected chi connectivity index (χ0v) is 10.5. The van der Waals surface area contributed by atoms with Crippen molar-refractivity contribution in [3.05, 3.63) is 20.1 Å². The van der Waals surface area contributed by atoms with Crippen LogP contribution in [0, 0.1) is 6.92 Å². The largest absolute Gasteiger partial charge is 0.330 e. The molecule has 0 heterocycles. The highest BCUT2D eigenvalue weighted by Crippen LogP contribution is 2.16. The molecule has 0 aromatic rings. The van der Waals surface area contributed by atoms with Gasteiger partial charge in [0.2, 0.25) is 0 Å². The molecule has 0 amide bonds. The predicted octanol–water partition coefficient (Wildman–Crippen LogP) is 1.30. The second kappa shape index (κ2) is 9.19. The van der Waals surface area contributed by atoms with E-state index >= 15 is 0 Å². The first kappa shape index (κ1) is 19.2. The standard InChI is InChI=1S/C7H18N2.C2H6N.C2H4/c1-6(2,8)7(3,4)9-5;1-2-3;1-2/h9H,8H2,1-5H3;1-3H2;1-2H2. The fourth-order valence-corrected chi connectivity index (χ4v) is 0.322. The zero-order chi connectivity index (χ0) is 12.4. The lowest BCUT2D eigenvalue weighted by atomic mass is 9.84. The topological polar surface area (TPSA) is 64.1 Å². The van der Waals surface area contributed by atoms with Crippen molar-refractivity contribution in [3.8, 4) is 0 Å². The normalized spacial score (nSPS) is 10.6. The van der Waals surface area contributed by atoms with Crippen molar-refractivity contribution in [3.63, 3.8) is 0 Å². The van der Waals surface area contributed by atoms with Gasteiger partial charge in [0.1, 0.15) is 0 Å². The first-order valence-corrected chi connectivity index (χ1v) is 4.70. The highest BCUT2D eigenvalue weighted by molar-refractivity contribution is 4.95. The van der Waals surface area contributed by atoms with Crippen molar-refractivity contribution in [2.45, 2.75) is 38.8 Å². The summed E-state index contributed by atoms with van der Waals surface area (Å²) in [6, 6.07) is 0. The highest BCUT2D eigenvalue weighted by Gasteiger charge is 2.31. The van der Waals surface area contributed by atoms with Crippen LogP contribution < -0.4 is 16.8 Å². The molecule has 0 unspecified atom stereocenters. The van der Waals surface area contributed by atoms with E-state index in [-0.39, 0.29) is 11.1 Å². The van der Waals surface area contributed by atoms with Gasteiger partial charge < -0.3 is 16.8 Å². The predicted molar refractivity (Wildman–Crippen MR) is 67.1 cm³/mol. The van der Waals surface area contributed by atoms with Crippen molar-refractivity contribution >= 4 is 0 Å². The summed E-state index contributed by atoms with van der Waals surface area (Å²) >= 11 is 0. The molecular weight excluding hydrogens is 174 g/mol. The van der Waals surface area contributed by atoms with E-state index in [4.69, 9.17) is 11.5 Å². The van der Waals surface area contributed by atoms with E-state index in [0.29, 0.717) is 6.54 Å². The molecule has 0 spiro atoms. The molecule has 0 aliphatic heterocycles. The first-order chi connectivity index (χ1) is 6.22. The second-order valence-corrected chi connectivity index (χ2v) is 3.89. The van der Waals surface area contributed by atoms with Crippen molar-refractivity contribution in [1.29, 1.82) is 0 Å². The summed E-state index contributed by atoms with van der Waals surface area (Å²) in [5, 5.41) is 3.16. The summed E-state index contributed by atoms with van der Waals surface area (Å²) in [4.78, 5) is 0. The maximum atomic E-state index is 5.86. The molecule has 0 bridgehead atoms. The monoisotopic (exact) mass is 202 g/mol. The van der Waals surface area contributed by atoms with E-state index in [2.05, 4.69) is 39.2 Å². The summed E-state index contributed by atoms with van der Waals surface area (Å²) in [7, 11) is 1.93. The Hall–Kier alpha value is -0.380. The average molecular weight is 202 g/mol. The Bertz CT molecular complexity index is 114.